The summed E-state index contributed by atoms with van der Waals surface area (Å²) in [6, 6.07) is 14.7. The molecule has 0 unspecified atom stereocenters. The van der Waals surface area contributed by atoms with Crippen LogP contribution >= 0.6 is 11.6 Å². The van der Waals surface area contributed by atoms with Crippen molar-refractivity contribution in [2.24, 2.45) is 0 Å². The van der Waals surface area contributed by atoms with Gasteiger partial charge in [0.15, 0.2) is 5.76 Å². The molecule has 23 heavy (non-hydrogen) atoms. The van der Waals surface area contributed by atoms with Gasteiger partial charge in [-0.3, -0.25) is 4.79 Å². The van der Waals surface area contributed by atoms with Gasteiger partial charge in [-0.25, -0.2) is 4.39 Å². The second kappa shape index (κ2) is 6.62. The molecule has 0 saturated carbocycles. The van der Waals surface area contributed by atoms with Gasteiger partial charge in [-0.1, -0.05) is 41.0 Å². The Hall–Kier alpha value is -2.66. The molecule has 0 radical (unpaired) electrons. The van der Waals surface area contributed by atoms with Crippen LogP contribution in [0.1, 0.15) is 16.1 Å². The number of benzene rings is 2. The van der Waals surface area contributed by atoms with Crippen LogP contribution < -0.4 is 5.32 Å². The first-order valence-corrected chi connectivity index (χ1v) is 7.25. The summed E-state index contributed by atoms with van der Waals surface area (Å²) in [7, 11) is 0. The van der Waals surface area contributed by atoms with Crippen molar-refractivity contribution in [3.8, 4) is 11.3 Å². The maximum atomic E-state index is 13.5. The minimum Gasteiger partial charge on any atom is -0.359 e. The predicted molar refractivity (Wildman–Crippen MR) is 84.5 cm³/mol. The molecule has 0 fully saturated rings. The lowest BCUT2D eigenvalue weighted by atomic mass is 10.1. The van der Waals surface area contributed by atoms with Crippen LogP contribution in [0.2, 0.25) is 5.02 Å². The number of carbonyl (C=O) groups is 1. The Morgan fingerprint density at radius 3 is 2.65 bits per heavy atom. The van der Waals surface area contributed by atoms with Crippen molar-refractivity contribution >= 4 is 17.5 Å². The summed E-state index contributed by atoms with van der Waals surface area (Å²) >= 11 is 5.84. The van der Waals surface area contributed by atoms with Crippen LogP contribution in [-0.2, 0) is 6.54 Å². The maximum Gasteiger partial charge on any atom is 0.254 e. The average molecular weight is 331 g/mol. The Morgan fingerprint density at radius 2 is 1.91 bits per heavy atom. The smallest absolute Gasteiger partial charge is 0.254 e. The topological polar surface area (TPSA) is 55.1 Å². The Labute approximate surface area is 136 Å². The molecular formula is C17H12ClFN2O2. The molecule has 0 atom stereocenters. The molecule has 1 N–H and O–H groups in total. The summed E-state index contributed by atoms with van der Waals surface area (Å²) in [4.78, 5) is 11.9. The Kier molecular flexibility index (Phi) is 4.39. The van der Waals surface area contributed by atoms with Crippen molar-refractivity contribution in [2.75, 3.05) is 0 Å². The van der Waals surface area contributed by atoms with E-state index >= 15 is 0 Å². The van der Waals surface area contributed by atoms with Gasteiger partial charge < -0.3 is 9.84 Å². The van der Waals surface area contributed by atoms with Crippen molar-refractivity contribution in [2.45, 2.75) is 6.54 Å². The number of halogens is 2. The molecule has 2 aromatic carbocycles. The highest BCUT2D eigenvalue weighted by atomic mass is 35.5. The Morgan fingerprint density at radius 1 is 1.17 bits per heavy atom. The highest BCUT2D eigenvalue weighted by molar-refractivity contribution is 6.30. The third-order valence-electron chi connectivity index (χ3n) is 3.24. The summed E-state index contributed by atoms with van der Waals surface area (Å²) in [5.41, 5.74) is 1.48. The van der Waals surface area contributed by atoms with E-state index in [0.717, 1.165) is 5.56 Å². The normalized spacial score (nSPS) is 10.5. The zero-order chi connectivity index (χ0) is 16.2. The summed E-state index contributed by atoms with van der Waals surface area (Å²) in [6.45, 7) is 0.119. The highest BCUT2D eigenvalue weighted by Gasteiger charge is 2.12. The zero-order valence-corrected chi connectivity index (χ0v) is 12.7. The van der Waals surface area contributed by atoms with E-state index in [1.54, 1.807) is 24.3 Å². The van der Waals surface area contributed by atoms with Crippen LogP contribution in [0.4, 0.5) is 4.39 Å². The largest absolute Gasteiger partial charge is 0.359 e. The molecule has 0 spiro atoms. The van der Waals surface area contributed by atoms with Crippen molar-refractivity contribution < 1.29 is 13.7 Å². The van der Waals surface area contributed by atoms with Crippen LogP contribution in [0.3, 0.4) is 0 Å². The van der Waals surface area contributed by atoms with Crippen LogP contribution in [0.25, 0.3) is 11.3 Å². The highest BCUT2D eigenvalue weighted by Crippen LogP contribution is 2.21. The molecule has 0 aliphatic rings. The lowest BCUT2D eigenvalue weighted by Crippen LogP contribution is -2.23. The Bertz CT molecular complexity index is 831. The van der Waals surface area contributed by atoms with Crippen LogP contribution in [0.5, 0.6) is 0 Å². The van der Waals surface area contributed by atoms with Crippen molar-refractivity contribution in [1.29, 1.82) is 0 Å². The molecule has 3 aromatic rings. The van der Waals surface area contributed by atoms with Gasteiger partial charge in [0.2, 0.25) is 0 Å². The SMILES string of the molecule is O=C(NCc1cc(-c2ccc(Cl)cc2)no1)c1ccccc1F. The second-order valence-corrected chi connectivity index (χ2v) is 5.28. The molecule has 1 aromatic heterocycles. The molecule has 1 amide bonds. The maximum absolute atomic E-state index is 13.5. The fourth-order valence-electron chi connectivity index (χ4n) is 2.06. The number of aromatic nitrogens is 1. The lowest BCUT2D eigenvalue weighted by molar-refractivity contribution is 0.0943. The van der Waals surface area contributed by atoms with E-state index in [2.05, 4.69) is 10.5 Å². The van der Waals surface area contributed by atoms with Gasteiger partial charge in [-0.15, -0.1) is 0 Å². The van der Waals surface area contributed by atoms with Crippen LogP contribution in [0.15, 0.2) is 59.1 Å². The molecular weight excluding hydrogens is 319 g/mol. The third kappa shape index (κ3) is 3.57. The van der Waals surface area contributed by atoms with Gasteiger partial charge in [-0.2, -0.15) is 0 Å². The summed E-state index contributed by atoms with van der Waals surface area (Å²) in [5, 5.41) is 7.17. The first-order chi connectivity index (χ1) is 11.1. The van der Waals surface area contributed by atoms with Gasteiger partial charge in [0, 0.05) is 16.7 Å². The number of amides is 1. The van der Waals surface area contributed by atoms with E-state index in [1.165, 1.54) is 18.2 Å². The number of rotatable bonds is 4. The molecule has 0 saturated heterocycles. The molecule has 0 aliphatic carbocycles. The number of hydrogen-bond donors (Lipinski definition) is 1. The fraction of sp³-hybridized carbons (Fsp3) is 0.0588. The van der Waals surface area contributed by atoms with E-state index < -0.39 is 11.7 Å². The molecule has 1 heterocycles. The number of nitrogens with one attached hydrogen (secondary N) is 1. The lowest BCUT2D eigenvalue weighted by Gasteiger charge is -2.03. The molecule has 116 valence electrons. The van der Waals surface area contributed by atoms with Gasteiger partial charge in [-0.05, 0) is 24.3 Å². The Balaban J connectivity index is 1.67. The van der Waals surface area contributed by atoms with Gasteiger partial charge in [0.05, 0.1) is 12.1 Å². The standard InChI is InChI=1S/C17H12ClFN2O2/c18-12-7-5-11(6-8-12)16-9-13(23-21-16)10-20-17(22)14-3-1-2-4-15(14)19/h1-9H,10H2,(H,20,22). The summed E-state index contributed by atoms with van der Waals surface area (Å²) < 4.78 is 18.7. The third-order valence-corrected chi connectivity index (χ3v) is 3.49. The molecule has 6 heteroatoms. The average Bonchev–Trinajstić information content (AvgIpc) is 3.03. The van der Waals surface area contributed by atoms with Crippen molar-refractivity contribution in [3.05, 3.63) is 76.8 Å². The minimum absolute atomic E-state index is 0.00931. The molecule has 3 rings (SSSR count). The van der Waals surface area contributed by atoms with E-state index in [9.17, 15) is 9.18 Å². The summed E-state index contributed by atoms with van der Waals surface area (Å²) in [6.07, 6.45) is 0. The van der Waals surface area contributed by atoms with E-state index in [4.69, 9.17) is 16.1 Å². The monoisotopic (exact) mass is 330 g/mol. The summed E-state index contributed by atoms with van der Waals surface area (Å²) in [5.74, 6) is -0.600. The zero-order valence-electron chi connectivity index (χ0n) is 11.9. The number of hydrogen-bond acceptors (Lipinski definition) is 3. The van der Waals surface area contributed by atoms with Crippen molar-refractivity contribution in [1.82, 2.24) is 10.5 Å². The molecule has 0 aliphatic heterocycles. The van der Waals surface area contributed by atoms with Gasteiger partial charge in [0.1, 0.15) is 11.5 Å². The van der Waals surface area contributed by atoms with Gasteiger partial charge >= 0.3 is 0 Å². The van der Waals surface area contributed by atoms with E-state index in [1.807, 2.05) is 12.1 Å². The van der Waals surface area contributed by atoms with Gasteiger partial charge in [0.25, 0.3) is 5.91 Å². The minimum atomic E-state index is -0.565. The van der Waals surface area contributed by atoms with E-state index in [-0.39, 0.29) is 12.1 Å². The predicted octanol–water partition coefficient (Wildman–Crippen LogP) is 4.06. The number of carbonyl (C=O) groups excluding carboxylic acids is 1. The first-order valence-electron chi connectivity index (χ1n) is 6.88. The molecule has 4 nitrogen and oxygen atoms in total. The molecule has 0 bridgehead atoms. The fourth-order valence-corrected chi connectivity index (χ4v) is 2.19. The second-order valence-electron chi connectivity index (χ2n) is 4.85. The first kappa shape index (κ1) is 15.2. The number of nitrogens with zero attached hydrogens (tertiary/aromatic N) is 1. The van der Waals surface area contributed by atoms with Crippen LogP contribution in [0, 0.1) is 5.82 Å². The van der Waals surface area contributed by atoms with Crippen molar-refractivity contribution in [3.63, 3.8) is 0 Å². The van der Waals surface area contributed by atoms with Crippen LogP contribution in [-0.4, -0.2) is 11.1 Å². The van der Waals surface area contributed by atoms with E-state index in [0.29, 0.717) is 16.5 Å². The quantitative estimate of drug-likeness (QED) is 0.784.